The highest BCUT2D eigenvalue weighted by molar-refractivity contribution is 5.81. The highest BCUT2D eigenvalue weighted by Gasteiger charge is 2.10. The van der Waals surface area contributed by atoms with Crippen molar-refractivity contribution in [2.45, 2.75) is 13.0 Å². The van der Waals surface area contributed by atoms with Crippen LogP contribution in [-0.4, -0.2) is 17.0 Å². The molecule has 3 N–H and O–H groups in total. The summed E-state index contributed by atoms with van der Waals surface area (Å²) in [5, 5.41) is 1.05. The van der Waals surface area contributed by atoms with E-state index < -0.39 is 12.0 Å². The lowest BCUT2D eigenvalue weighted by Crippen LogP contribution is -2.30. The number of hydrogen-bond donors (Lipinski definition) is 2. The van der Waals surface area contributed by atoms with Crippen LogP contribution in [0.1, 0.15) is 6.92 Å². The second kappa shape index (κ2) is 3.65. The highest BCUT2D eigenvalue weighted by atomic mass is 16.5. The molecule has 0 aliphatic carbocycles. The number of carbonyl (C=O) groups is 1. The smallest absolute Gasteiger partial charge is 0.258 e. The lowest BCUT2D eigenvalue weighted by Gasteiger charge is -2.10. The lowest BCUT2D eigenvalue weighted by atomic mass is 10.2. The number of aromatic nitrogens is 1. The first-order chi connectivity index (χ1) is 7.16. The van der Waals surface area contributed by atoms with Crippen molar-refractivity contribution in [2.75, 3.05) is 0 Å². The summed E-state index contributed by atoms with van der Waals surface area (Å²) in [4.78, 5) is 13.9. The molecule has 1 amide bonds. The maximum absolute atomic E-state index is 10.8. The molecule has 1 unspecified atom stereocenters. The van der Waals surface area contributed by atoms with Crippen molar-refractivity contribution in [2.24, 2.45) is 5.73 Å². The summed E-state index contributed by atoms with van der Waals surface area (Å²) >= 11 is 0. The van der Waals surface area contributed by atoms with Crippen LogP contribution in [0.5, 0.6) is 5.75 Å². The third-order valence-corrected chi connectivity index (χ3v) is 2.24. The minimum atomic E-state index is -0.610. The number of amides is 1. The van der Waals surface area contributed by atoms with Gasteiger partial charge in [0, 0.05) is 17.1 Å². The van der Waals surface area contributed by atoms with Crippen LogP contribution >= 0.6 is 0 Å². The van der Waals surface area contributed by atoms with Crippen LogP contribution in [0.3, 0.4) is 0 Å². The summed E-state index contributed by atoms with van der Waals surface area (Å²) < 4.78 is 5.36. The second-order valence-corrected chi connectivity index (χ2v) is 3.39. The van der Waals surface area contributed by atoms with Gasteiger partial charge in [0.1, 0.15) is 5.75 Å². The van der Waals surface area contributed by atoms with Gasteiger partial charge in [-0.15, -0.1) is 0 Å². The van der Waals surface area contributed by atoms with Gasteiger partial charge in [0.15, 0.2) is 6.10 Å². The summed E-state index contributed by atoms with van der Waals surface area (Å²) in [7, 11) is 0. The summed E-state index contributed by atoms with van der Waals surface area (Å²) in [5.41, 5.74) is 6.14. The van der Waals surface area contributed by atoms with Crippen molar-refractivity contribution in [1.29, 1.82) is 0 Å². The zero-order chi connectivity index (χ0) is 10.8. The van der Waals surface area contributed by atoms with Gasteiger partial charge in [-0.1, -0.05) is 0 Å². The van der Waals surface area contributed by atoms with Crippen molar-refractivity contribution in [3.63, 3.8) is 0 Å². The second-order valence-electron chi connectivity index (χ2n) is 3.39. The third kappa shape index (κ3) is 1.93. The van der Waals surface area contributed by atoms with Crippen LogP contribution in [0.15, 0.2) is 30.5 Å². The van der Waals surface area contributed by atoms with Crippen LogP contribution in [0.25, 0.3) is 10.9 Å². The van der Waals surface area contributed by atoms with E-state index in [1.807, 2.05) is 24.4 Å². The Kier molecular flexibility index (Phi) is 2.33. The van der Waals surface area contributed by atoms with E-state index >= 15 is 0 Å². The number of primary amides is 1. The summed E-state index contributed by atoms with van der Waals surface area (Å²) in [6.45, 7) is 1.63. The van der Waals surface area contributed by atoms with E-state index in [9.17, 15) is 4.79 Å². The Hall–Kier alpha value is -1.97. The number of nitrogens with one attached hydrogen (secondary N) is 1. The standard InChI is InChI=1S/C11H12N2O2/c1-7(11(12)14)15-9-2-3-10-8(6-9)4-5-13-10/h2-7,13H,1H3,(H2,12,14). The van der Waals surface area contributed by atoms with Crippen LogP contribution < -0.4 is 10.5 Å². The van der Waals surface area contributed by atoms with Gasteiger partial charge in [0.25, 0.3) is 5.91 Å². The molecule has 2 rings (SSSR count). The van der Waals surface area contributed by atoms with E-state index in [1.165, 1.54) is 0 Å². The molecule has 4 nitrogen and oxygen atoms in total. The molecule has 0 radical (unpaired) electrons. The zero-order valence-corrected chi connectivity index (χ0v) is 8.36. The molecule has 78 valence electrons. The molecule has 0 bridgehead atoms. The number of aromatic amines is 1. The Morgan fingerprint density at radius 1 is 1.47 bits per heavy atom. The number of benzene rings is 1. The first kappa shape index (κ1) is 9.58. The monoisotopic (exact) mass is 204 g/mol. The predicted molar refractivity (Wildman–Crippen MR) is 57.6 cm³/mol. The number of rotatable bonds is 3. The molecule has 15 heavy (non-hydrogen) atoms. The number of carbonyl (C=O) groups excluding carboxylic acids is 1. The van der Waals surface area contributed by atoms with Crippen molar-refractivity contribution >= 4 is 16.8 Å². The van der Waals surface area contributed by atoms with Crippen LogP contribution in [0, 0.1) is 0 Å². The van der Waals surface area contributed by atoms with Gasteiger partial charge >= 0.3 is 0 Å². The summed E-state index contributed by atoms with van der Waals surface area (Å²) in [6.07, 6.45) is 1.24. The van der Waals surface area contributed by atoms with Gasteiger partial charge in [-0.25, -0.2) is 0 Å². The Labute approximate surface area is 87.0 Å². The van der Waals surface area contributed by atoms with Crippen molar-refractivity contribution in [3.05, 3.63) is 30.5 Å². The molecule has 1 aromatic carbocycles. The Morgan fingerprint density at radius 3 is 3.00 bits per heavy atom. The van der Waals surface area contributed by atoms with Crippen molar-refractivity contribution < 1.29 is 9.53 Å². The molecule has 0 aliphatic rings. The largest absolute Gasteiger partial charge is 0.481 e. The van der Waals surface area contributed by atoms with Crippen LogP contribution in [-0.2, 0) is 4.79 Å². The number of fused-ring (bicyclic) bond motifs is 1. The van der Waals surface area contributed by atoms with E-state index in [0.717, 1.165) is 10.9 Å². The Bertz CT molecular complexity index is 490. The Balaban J connectivity index is 2.24. The molecule has 0 aliphatic heterocycles. The average Bonchev–Trinajstić information content (AvgIpc) is 2.64. The lowest BCUT2D eigenvalue weighted by molar-refractivity contribution is -0.123. The average molecular weight is 204 g/mol. The number of H-pyrrole nitrogens is 1. The fraction of sp³-hybridized carbons (Fsp3) is 0.182. The van der Waals surface area contributed by atoms with Gasteiger partial charge in [0.2, 0.25) is 0 Å². The SMILES string of the molecule is CC(Oc1ccc2[nH]ccc2c1)C(N)=O. The topological polar surface area (TPSA) is 68.1 Å². The van der Waals surface area contributed by atoms with Gasteiger partial charge in [-0.2, -0.15) is 0 Å². The highest BCUT2D eigenvalue weighted by Crippen LogP contribution is 2.20. The molecule has 0 spiro atoms. The predicted octanol–water partition coefficient (Wildman–Crippen LogP) is 1.42. The van der Waals surface area contributed by atoms with E-state index in [1.54, 1.807) is 13.0 Å². The molecular formula is C11H12N2O2. The van der Waals surface area contributed by atoms with E-state index in [2.05, 4.69) is 4.98 Å². The van der Waals surface area contributed by atoms with E-state index in [4.69, 9.17) is 10.5 Å². The molecule has 1 aromatic heterocycles. The number of ether oxygens (including phenoxy) is 1. The first-order valence-corrected chi connectivity index (χ1v) is 4.70. The van der Waals surface area contributed by atoms with Crippen LogP contribution in [0.4, 0.5) is 0 Å². The van der Waals surface area contributed by atoms with Crippen molar-refractivity contribution in [3.8, 4) is 5.75 Å². The fourth-order valence-corrected chi connectivity index (χ4v) is 1.37. The molecule has 0 saturated heterocycles. The number of nitrogens with two attached hydrogens (primary N) is 1. The maximum Gasteiger partial charge on any atom is 0.258 e. The summed E-state index contributed by atoms with van der Waals surface area (Å²) in [6, 6.07) is 7.51. The quantitative estimate of drug-likeness (QED) is 0.793. The normalized spacial score (nSPS) is 12.6. The zero-order valence-electron chi connectivity index (χ0n) is 8.36. The Morgan fingerprint density at radius 2 is 2.27 bits per heavy atom. The minimum Gasteiger partial charge on any atom is -0.481 e. The fourth-order valence-electron chi connectivity index (χ4n) is 1.37. The molecular weight excluding hydrogens is 192 g/mol. The minimum absolute atomic E-state index is 0.468. The van der Waals surface area contributed by atoms with Gasteiger partial charge < -0.3 is 15.5 Å². The summed E-state index contributed by atoms with van der Waals surface area (Å²) in [5.74, 6) is 0.178. The van der Waals surface area contributed by atoms with E-state index in [-0.39, 0.29) is 0 Å². The number of hydrogen-bond acceptors (Lipinski definition) is 2. The molecule has 0 fully saturated rings. The van der Waals surface area contributed by atoms with Gasteiger partial charge in [-0.3, -0.25) is 4.79 Å². The first-order valence-electron chi connectivity index (χ1n) is 4.70. The molecule has 4 heteroatoms. The van der Waals surface area contributed by atoms with Crippen LogP contribution in [0.2, 0.25) is 0 Å². The molecule has 1 atom stereocenters. The maximum atomic E-state index is 10.8. The molecule has 2 aromatic rings. The molecule has 0 saturated carbocycles. The molecule has 1 heterocycles. The van der Waals surface area contributed by atoms with E-state index in [0.29, 0.717) is 5.75 Å². The van der Waals surface area contributed by atoms with Gasteiger partial charge in [-0.05, 0) is 31.2 Å². The van der Waals surface area contributed by atoms with Crippen molar-refractivity contribution in [1.82, 2.24) is 4.98 Å². The van der Waals surface area contributed by atoms with Gasteiger partial charge in [0.05, 0.1) is 0 Å². The third-order valence-electron chi connectivity index (χ3n) is 2.24.